The summed E-state index contributed by atoms with van der Waals surface area (Å²) in [5.74, 6) is -1.19. The molecule has 2 aromatic carbocycles. The van der Waals surface area contributed by atoms with Crippen LogP contribution in [-0.4, -0.2) is 42.9 Å². The van der Waals surface area contributed by atoms with E-state index in [1.165, 1.54) is 12.3 Å². The van der Waals surface area contributed by atoms with Gasteiger partial charge in [-0.25, -0.2) is 14.0 Å². The van der Waals surface area contributed by atoms with Crippen LogP contribution in [0.1, 0.15) is 21.6 Å². The SMILES string of the molecule is [C-]#[N+]c1ccc(NC(=O)N2CCn3nc(-c4cc(F)c5cnn(C)c5c4)c(C(N)=O)c3C2)cc1C. The number of urea groups is 1. The fourth-order valence-electron chi connectivity index (χ4n) is 4.36. The van der Waals surface area contributed by atoms with Gasteiger partial charge in [0.05, 0.1) is 48.0 Å². The number of nitrogens with one attached hydrogen (secondary N) is 1. The number of carbonyl (C=O) groups excluding carboxylic acids is 2. The number of rotatable bonds is 3. The van der Waals surface area contributed by atoms with Crippen molar-refractivity contribution in [2.75, 3.05) is 11.9 Å². The molecule has 0 saturated carbocycles. The van der Waals surface area contributed by atoms with Crippen LogP contribution in [0.5, 0.6) is 0 Å². The maximum atomic E-state index is 14.7. The van der Waals surface area contributed by atoms with Crippen LogP contribution in [0.2, 0.25) is 0 Å². The first-order chi connectivity index (χ1) is 16.8. The number of hydrogen-bond donors (Lipinski definition) is 2. The van der Waals surface area contributed by atoms with Crippen molar-refractivity contribution < 1.29 is 14.0 Å². The van der Waals surface area contributed by atoms with Gasteiger partial charge < -0.3 is 16.0 Å². The number of halogens is 1. The minimum Gasteiger partial charge on any atom is -0.365 e. The molecular weight excluding hydrogens is 451 g/mol. The van der Waals surface area contributed by atoms with E-state index in [0.29, 0.717) is 46.6 Å². The smallest absolute Gasteiger partial charge is 0.322 e. The summed E-state index contributed by atoms with van der Waals surface area (Å²) in [6.07, 6.45) is 1.44. The molecule has 176 valence electrons. The summed E-state index contributed by atoms with van der Waals surface area (Å²) >= 11 is 0. The second kappa shape index (κ2) is 8.25. The molecule has 0 aliphatic carbocycles. The van der Waals surface area contributed by atoms with E-state index in [0.717, 1.165) is 5.56 Å². The topological polar surface area (TPSA) is 115 Å². The molecule has 0 saturated heterocycles. The minimum absolute atomic E-state index is 0.104. The number of carbonyl (C=O) groups is 2. The van der Waals surface area contributed by atoms with Crippen molar-refractivity contribution in [3.8, 4) is 11.3 Å². The van der Waals surface area contributed by atoms with Crippen LogP contribution >= 0.6 is 0 Å². The maximum absolute atomic E-state index is 14.7. The molecule has 0 unspecified atom stereocenters. The molecule has 0 atom stereocenters. The molecule has 5 rings (SSSR count). The van der Waals surface area contributed by atoms with E-state index in [-0.39, 0.29) is 23.8 Å². The fourth-order valence-corrected chi connectivity index (χ4v) is 4.36. The summed E-state index contributed by atoms with van der Waals surface area (Å²) in [6.45, 7) is 9.76. The monoisotopic (exact) mass is 472 g/mol. The first-order valence-electron chi connectivity index (χ1n) is 10.8. The zero-order chi connectivity index (χ0) is 24.9. The molecule has 10 nitrogen and oxygen atoms in total. The van der Waals surface area contributed by atoms with Gasteiger partial charge in [-0.1, -0.05) is 6.07 Å². The normalized spacial score (nSPS) is 12.9. The number of anilines is 1. The highest BCUT2D eigenvalue weighted by Crippen LogP contribution is 2.32. The fraction of sp³-hybridized carbons (Fsp3) is 0.208. The van der Waals surface area contributed by atoms with E-state index in [2.05, 4.69) is 20.4 Å². The summed E-state index contributed by atoms with van der Waals surface area (Å²) in [5, 5.41) is 11.8. The molecule has 1 aliphatic rings. The van der Waals surface area contributed by atoms with Gasteiger partial charge in [-0.3, -0.25) is 14.2 Å². The molecule has 0 fully saturated rings. The number of hydrogen-bond acceptors (Lipinski definition) is 4. The third-order valence-electron chi connectivity index (χ3n) is 6.17. The molecule has 3 N–H and O–H groups in total. The number of primary amides is 1. The first kappa shape index (κ1) is 22.1. The van der Waals surface area contributed by atoms with Gasteiger partial charge in [0.2, 0.25) is 0 Å². The Morgan fingerprint density at radius 3 is 2.74 bits per heavy atom. The lowest BCUT2D eigenvalue weighted by molar-refractivity contribution is 0.0997. The maximum Gasteiger partial charge on any atom is 0.322 e. The number of benzene rings is 2. The van der Waals surface area contributed by atoms with Crippen LogP contribution in [0.15, 0.2) is 36.5 Å². The predicted molar refractivity (Wildman–Crippen MR) is 127 cm³/mol. The Hall–Kier alpha value is -4.72. The number of aromatic nitrogens is 4. The molecule has 0 radical (unpaired) electrons. The van der Waals surface area contributed by atoms with E-state index in [9.17, 15) is 14.0 Å². The molecule has 3 amide bonds. The van der Waals surface area contributed by atoms with Gasteiger partial charge in [0.1, 0.15) is 11.5 Å². The Labute approximate surface area is 199 Å². The average molecular weight is 472 g/mol. The quantitative estimate of drug-likeness (QED) is 0.444. The van der Waals surface area contributed by atoms with Gasteiger partial charge >= 0.3 is 6.03 Å². The van der Waals surface area contributed by atoms with Gasteiger partial charge in [0, 0.05) is 24.8 Å². The summed E-state index contributed by atoms with van der Waals surface area (Å²) in [6, 6.07) is 7.72. The molecule has 4 aromatic rings. The van der Waals surface area contributed by atoms with Crippen molar-refractivity contribution in [3.63, 3.8) is 0 Å². The Bertz CT molecular complexity index is 1560. The van der Waals surface area contributed by atoms with E-state index < -0.39 is 11.7 Å². The number of nitrogens with zero attached hydrogens (tertiary/aromatic N) is 6. The third-order valence-corrected chi connectivity index (χ3v) is 6.17. The summed E-state index contributed by atoms with van der Waals surface area (Å²) < 4.78 is 17.9. The summed E-state index contributed by atoms with van der Waals surface area (Å²) in [5.41, 5.74) is 9.43. The Morgan fingerprint density at radius 1 is 1.23 bits per heavy atom. The van der Waals surface area contributed by atoms with Crippen LogP contribution in [0.3, 0.4) is 0 Å². The Morgan fingerprint density at radius 2 is 2.03 bits per heavy atom. The van der Waals surface area contributed by atoms with E-state index in [1.807, 2.05) is 0 Å². The standard InChI is InChI=1S/C24H21FN8O2/c1-13-8-15(4-5-18(13)27-2)29-24(35)32-6-7-33-20(12-32)21(23(26)34)22(30-33)14-9-17(25)16-11-28-31(3)19(16)10-14/h4-5,8-11H,6-7,12H2,1,3H3,(H2,26,34)(H,29,35). The predicted octanol–water partition coefficient (Wildman–Crippen LogP) is 3.58. The van der Waals surface area contributed by atoms with Crippen LogP contribution in [-0.2, 0) is 20.1 Å². The Balaban J connectivity index is 1.47. The number of aryl methyl sites for hydroxylation is 2. The van der Waals surface area contributed by atoms with Crippen LogP contribution in [0.4, 0.5) is 20.6 Å². The molecule has 1 aliphatic heterocycles. The molecule has 35 heavy (non-hydrogen) atoms. The van der Waals surface area contributed by atoms with E-state index in [1.54, 1.807) is 52.5 Å². The first-order valence-corrected chi connectivity index (χ1v) is 10.8. The zero-order valence-corrected chi connectivity index (χ0v) is 19.0. The van der Waals surface area contributed by atoms with Crippen LogP contribution in [0.25, 0.3) is 27.0 Å². The minimum atomic E-state index is -0.709. The van der Waals surface area contributed by atoms with Crippen LogP contribution < -0.4 is 11.1 Å². The molecule has 11 heteroatoms. The lowest BCUT2D eigenvalue weighted by Gasteiger charge is -2.28. The van der Waals surface area contributed by atoms with E-state index in [4.69, 9.17) is 12.3 Å². The molecule has 0 spiro atoms. The number of nitrogens with two attached hydrogens (primary N) is 1. The lowest BCUT2D eigenvalue weighted by Crippen LogP contribution is -2.41. The second-order valence-electron chi connectivity index (χ2n) is 8.38. The largest absolute Gasteiger partial charge is 0.365 e. The summed E-state index contributed by atoms with van der Waals surface area (Å²) in [4.78, 5) is 30.4. The van der Waals surface area contributed by atoms with Gasteiger partial charge in [0.15, 0.2) is 5.69 Å². The van der Waals surface area contributed by atoms with E-state index >= 15 is 0 Å². The summed E-state index contributed by atoms with van der Waals surface area (Å²) in [7, 11) is 1.70. The molecule has 3 heterocycles. The van der Waals surface area contributed by atoms with Gasteiger partial charge in [-0.2, -0.15) is 10.2 Å². The van der Waals surface area contributed by atoms with Gasteiger partial charge in [-0.15, -0.1) is 0 Å². The van der Waals surface area contributed by atoms with Gasteiger partial charge in [-0.05, 0) is 36.8 Å². The van der Waals surface area contributed by atoms with Crippen LogP contribution in [0, 0.1) is 19.3 Å². The lowest BCUT2D eigenvalue weighted by atomic mass is 10.0. The average Bonchev–Trinajstić information content (AvgIpc) is 3.40. The number of fused-ring (bicyclic) bond motifs is 2. The van der Waals surface area contributed by atoms with Crippen molar-refractivity contribution in [2.24, 2.45) is 12.8 Å². The van der Waals surface area contributed by atoms with Crippen molar-refractivity contribution in [1.82, 2.24) is 24.5 Å². The molecular formula is C24H21FN8O2. The Kier molecular flexibility index (Phi) is 5.21. The van der Waals surface area contributed by atoms with Gasteiger partial charge in [0.25, 0.3) is 5.91 Å². The molecule has 0 bridgehead atoms. The third kappa shape index (κ3) is 3.74. The van der Waals surface area contributed by atoms with Crippen molar-refractivity contribution >= 4 is 34.2 Å². The highest BCUT2D eigenvalue weighted by molar-refractivity contribution is 6.01. The molecule has 2 aromatic heterocycles. The number of amides is 3. The highest BCUT2D eigenvalue weighted by atomic mass is 19.1. The zero-order valence-electron chi connectivity index (χ0n) is 19.0. The van der Waals surface area contributed by atoms with Crippen molar-refractivity contribution in [2.45, 2.75) is 20.0 Å². The second-order valence-corrected chi connectivity index (χ2v) is 8.38. The van der Waals surface area contributed by atoms with Crippen molar-refractivity contribution in [1.29, 1.82) is 0 Å². The van der Waals surface area contributed by atoms with Crippen molar-refractivity contribution in [3.05, 3.63) is 70.6 Å². The highest BCUT2D eigenvalue weighted by Gasteiger charge is 2.30.